The van der Waals surface area contributed by atoms with E-state index in [1.54, 1.807) is 14.2 Å². The summed E-state index contributed by atoms with van der Waals surface area (Å²) in [7, 11) is 3.55. The van der Waals surface area contributed by atoms with Gasteiger partial charge in [-0.25, -0.2) is 0 Å². The third kappa shape index (κ3) is 2.47. The fourth-order valence-corrected chi connectivity index (χ4v) is 3.57. The number of methoxy groups -OCH3 is 2. The van der Waals surface area contributed by atoms with Gasteiger partial charge in [-0.05, 0) is 40.7 Å². The van der Waals surface area contributed by atoms with Gasteiger partial charge in [0.25, 0.3) is 0 Å². The van der Waals surface area contributed by atoms with Gasteiger partial charge in [0.05, 0.1) is 0 Å². The molecule has 2 aromatic carbocycles. The van der Waals surface area contributed by atoms with E-state index in [4.69, 9.17) is 9.47 Å². The summed E-state index contributed by atoms with van der Waals surface area (Å²) in [4.78, 5) is 0. The van der Waals surface area contributed by atoms with Crippen LogP contribution in [-0.4, -0.2) is 14.2 Å². The molecule has 0 N–H and O–H groups in total. The van der Waals surface area contributed by atoms with Crippen molar-refractivity contribution < 1.29 is 9.47 Å². The molecule has 22 heavy (non-hydrogen) atoms. The average Bonchev–Trinajstić information content (AvgIpc) is 2.58. The Morgan fingerprint density at radius 1 is 0.864 bits per heavy atom. The minimum absolute atomic E-state index is 0.0389. The van der Waals surface area contributed by atoms with E-state index in [1.807, 2.05) is 0 Å². The number of fused-ring (bicyclic) bond motifs is 3. The molecule has 2 heteroatoms. The van der Waals surface area contributed by atoms with E-state index in [9.17, 15) is 0 Å². The second-order valence-electron chi connectivity index (χ2n) is 5.88. The van der Waals surface area contributed by atoms with Crippen LogP contribution in [-0.2, 0) is 15.9 Å². The monoisotopic (exact) mass is 296 g/mol. The van der Waals surface area contributed by atoms with E-state index in [1.165, 1.54) is 40.7 Å². The molecule has 2 nitrogen and oxygen atoms in total. The summed E-state index contributed by atoms with van der Waals surface area (Å²) in [6, 6.07) is 15.1. The first kappa shape index (κ1) is 15.3. The van der Waals surface area contributed by atoms with Gasteiger partial charge in [0.15, 0.2) is 0 Å². The van der Waals surface area contributed by atoms with Crippen LogP contribution in [0.2, 0.25) is 0 Å². The maximum absolute atomic E-state index is 5.87. The van der Waals surface area contributed by atoms with E-state index in [2.05, 4.69) is 49.4 Å². The first-order valence-corrected chi connectivity index (χ1v) is 8.08. The Labute approximate surface area is 133 Å². The SMILES string of the molecule is CCCCc1cccc2c1C(OC)C(OC)c1ccccc1-2. The van der Waals surface area contributed by atoms with Gasteiger partial charge in [0, 0.05) is 14.2 Å². The van der Waals surface area contributed by atoms with Crippen LogP contribution in [0, 0.1) is 0 Å². The summed E-state index contributed by atoms with van der Waals surface area (Å²) in [5.74, 6) is 0. The van der Waals surface area contributed by atoms with Crippen LogP contribution >= 0.6 is 0 Å². The van der Waals surface area contributed by atoms with E-state index in [-0.39, 0.29) is 12.2 Å². The van der Waals surface area contributed by atoms with Crippen molar-refractivity contribution in [2.75, 3.05) is 14.2 Å². The Kier molecular flexibility index (Phi) is 4.60. The van der Waals surface area contributed by atoms with Crippen molar-refractivity contribution in [3.05, 3.63) is 59.2 Å². The zero-order valence-electron chi connectivity index (χ0n) is 13.6. The van der Waals surface area contributed by atoms with Crippen LogP contribution in [0.5, 0.6) is 0 Å². The van der Waals surface area contributed by atoms with Crippen LogP contribution < -0.4 is 0 Å². The van der Waals surface area contributed by atoms with Gasteiger partial charge in [-0.2, -0.15) is 0 Å². The van der Waals surface area contributed by atoms with Crippen molar-refractivity contribution >= 4 is 0 Å². The molecule has 0 saturated carbocycles. The number of benzene rings is 2. The number of ether oxygens (including phenoxy) is 2. The Hall–Kier alpha value is -1.64. The summed E-state index contributed by atoms with van der Waals surface area (Å²) >= 11 is 0. The first-order chi connectivity index (χ1) is 10.8. The van der Waals surface area contributed by atoms with Crippen LogP contribution in [0.25, 0.3) is 11.1 Å². The van der Waals surface area contributed by atoms with Gasteiger partial charge in [-0.15, -0.1) is 0 Å². The van der Waals surface area contributed by atoms with Gasteiger partial charge >= 0.3 is 0 Å². The maximum atomic E-state index is 5.87. The molecule has 0 aliphatic heterocycles. The second-order valence-corrected chi connectivity index (χ2v) is 5.88. The van der Waals surface area contributed by atoms with Crippen molar-refractivity contribution in [2.24, 2.45) is 0 Å². The van der Waals surface area contributed by atoms with Gasteiger partial charge in [-0.3, -0.25) is 0 Å². The zero-order valence-corrected chi connectivity index (χ0v) is 13.6. The Bertz CT molecular complexity index is 648. The molecule has 1 aliphatic rings. The molecule has 2 aromatic rings. The Morgan fingerprint density at radius 2 is 1.59 bits per heavy atom. The molecule has 0 aromatic heterocycles. The van der Waals surface area contributed by atoms with Crippen LogP contribution in [0.15, 0.2) is 42.5 Å². The normalized spacial score (nSPS) is 19.6. The topological polar surface area (TPSA) is 18.5 Å². The third-order valence-electron chi connectivity index (χ3n) is 4.62. The predicted octanol–water partition coefficient (Wildman–Crippen LogP) is 5.08. The highest BCUT2D eigenvalue weighted by Gasteiger charge is 2.35. The minimum Gasteiger partial charge on any atom is -0.374 e. The molecule has 0 spiro atoms. The summed E-state index contributed by atoms with van der Waals surface area (Å²) in [6.07, 6.45) is 3.41. The number of hydrogen-bond acceptors (Lipinski definition) is 2. The summed E-state index contributed by atoms with van der Waals surface area (Å²) in [6.45, 7) is 2.23. The molecule has 2 atom stereocenters. The zero-order chi connectivity index (χ0) is 15.5. The quantitative estimate of drug-likeness (QED) is 0.765. The van der Waals surface area contributed by atoms with Crippen LogP contribution in [0.4, 0.5) is 0 Å². The number of unbranched alkanes of at least 4 members (excludes halogenated alkanes) is 1. The van der Waals surface area contributed by atoms with Gasteiger partial charge in [-0.1, -0.05) is 55.8 Å². The lowest BCUT2D eigenvalue weighted by molar-refractivity contribution is -0.0413. The molecule has 0 bridgehead atoms. The summed E-state index contributed by atoms with van der Waals surface area (Å²) < 4.78 is 11.7. The van der Waals surface area contributed by atoms with Gasteiger partial charge in [0.2, 0.25) is 0 Å². The molecule has 0 saturated heterocycles. The molecule has 0 radical (unpaired) electrons. The Balaban J connectivity index is 2.20. The number of aryl methyl sites for hydroxylation is 1. The van der Waals surface area contributed by atoms with Crippen molar-refractivity contribution in [3.8, 4) is 11.1 Å². The molecular formula is C20H24O2. The van der Waals surface area contributed by atoms with E-state index >= 15 is 0 Å². The second kappa shape index (κ2) is 6.64. The molecule has 1 aliphatic carbocycles. The van der Waals surface area contributed by atoms with Crippen molar-refractivity contribution in [1.29, 1.82) is 0 Å². The highest BCUT2D eigenvalue weighted by molar-refractivity contribution is 5.75. The predicted molar refractivity (Wildman–Crippen MR) is 90.0 cm³/mol. The minimum atomic E-state index is -0.0449. The molecular weight excluding hydrogens is 272 g/mol. The smallest absolute Gasteiger partial charge is 0.113 e. The molecule has 116 valence electrons. The van der Waals surface area contributed by atoms with E-state index < -0.39 is 0 Å². The molecule has 0 heterocycles. The number of rotatable bonds is 5. The van der Waals surface area contributed by atoms with Crippen molar-refractivity contribution in [2.45, 2.75) is 38.4 Å². The van der Waals surface area contributed by atoms with Crippen molar-refractivity contribution in [3.63, 3.8) is 0 Å². The van der Waals surface area contributed by atoms with Crippen molar-refractivity contribution in [1.82, 2.24) is 0 Å². The lowest BCUT2D eigenvalue weighted by Crippen LogP contribution is -2.22. The molecule has 0 amide bonds. The fraction of sp³-hybridized carbons (Fsp3) is 0.400. The molecule has 2 unspecified atom stereocenters. The lowest BCUT2D eigenvalue weighted by atomic mass is 9.79. The maximum Gasteiger partial charge on any atom is 0.113 e. The van der Waals surface area contributed by atoms with Gasteiger partial charge in [0.1, 0.15) is 12.2 Å². The summed E-state index contributed by atoms with van der Waals surface area (Å²) in [5, 5.41) is 0. The molecule has 3 rings (SSSR count). The third-order valence-corrected chi connectivity index (χ3v) is 4.62. The average molecular weight is 296 g/mol. The lowest BCUT2D eigenvalue weighted by Gasteiger charge is -2.35. The first-order valence-electron chi connectivity index (χ1n) is 8.08. The molecule has 0 fully saturated rings. The van der Waals surface area contributed by atoms with E-state index in [0.717, 1.165) is 6.42 Å². The standard InChI is InChI=1S/C20H24O2/c1-4-5-9-14-10-8-13-16-15-11-6-7-12-17(15)19(21-2)20(22-3)18(14)16/h6-8,10-13,19-20H,4-5,9H2,1-3H3. The van der Waals surface area contributed by atoms with Crippen LogP contribution in [0.1, 0.15) is 48.7 Å². The van der Waals surface area contributed by atoms with Crippen LogP contribution in [0.3, 0.4) is 0 Å². The largest absolute Gasteiger partial charge is 0.374 e. The highest BCUT2D eigenvalue weighted by Crippen LogP contribution is 2.48. The van der Waals surface area contributed by atoms with Gasteiger partial charge < -0.3 is 9.47 Å². The summed E-state index contributed by atoms with van der Waals surface area (Å²) in [5.41, 5.74) is 6.49. The fourth-order valence-electron chi connectivity index (χ4n) is 3.57. The van der Waals surface area contributed by atoms with E-state index in [0.29, 0.717) is 0 Å². The number of hydrogen-bond donors (Lipinski definition) is 0. The Morgan fingerprint density at radius 3 is 2.32 bits per heavy atom. The highest BCUT2D eigenvalue weighted by atomic mass is 16.5.